The molecule has 0 saturated carbocycles. The van der Waals surface area contributed by atoms with Gasteiger partial charge in [-0.05, 0) is 54.3 Å². The molecule has 9 heteroatoms. The van der Waals surface area contributed by atoms with Crippen LogP contribution in [0.25, 0.3) is 0 Å². The van der Waals surface area contributed by atoms with Gasteiger partial charge in [-0.25, -0.2) is 4.79 Å². The molecule has 2 aromatic carbocycles. The highest BCUT2D eigenvalue weighted by atomic mass is 19.4. The molecule has 0 radical (unpaired) electrons. The van der Waals surface area contributed by atoms with Gasteiger partial charge in [-0.15, -0.1) is 0 Å². The predicted octanol–water partition coefficient (Wildman–Crippen LogP) is 4.56. The molecule has 0 spiro atoms. The summed E-state index contributed by atoms with van der Waals surface area (Å²) in [6.45, 7) is 2.97. The van der Waals surface area contributed by atoms with Crippen molar-refractivity contribution in [3.05, 3.63) is 64.7 Å². The van der Waals surface area contributed by atoms with E-state index in [9.17, 15) is 27.5 Å². The topological polar surface area (TPSA) is 53.0 Å². The van der Waals surface area contributed by atoms with Crippen molar-refractivity contribution in [2.75, 3.05) is 39.5 Å². The van der Waals surface area contributed by atoms with Crippen LogP contribution in [0.5, 0.6) is 5.75 Å². The number of fused-ring (bicyclic) bond motifs is 1. The second-order valence-electron chi connectivity index (χ2n) is 9.16. The number of alkyl halides is 4. The molecule has 2 aliphatic heterocycles. The number of hydrogen-bond donors (Lipinski definition) is 1. The number of carbonyl (C=O) groups is 1. The third-order valence-electron chi connectivity index (χ3n) is 6.58. The fourth-order valence-electron chi connectivity index (χ4n) is 4.87. The number of carboxylic acid groups (broad SMARTS) is 1. The van der Waals surface area contributed by atoms with Gasteiger partial charge in [-0.2, -0.15) is 13.2 Å². The second-order valence-corrected chi connectivity index (χ2v) is 9.16. The lowest BCUT2D eigenvalue weighted by atomic mass is 9.84. The summed E-state index contributed by atoms with van der Waals surface area (Å²) in [5.74, 6) is -0.338. The fourth-order valence-corrected chi connectivity index (χ4v) is 4.87. The van der Waals surface area contributed by atoms with Gasteiger partial charge in [0.15, 0.2) is 0 Å². The highest BCUT2D eigenvalue weighted by molar-refractivity contribution is 5.88. The highest BCUT2D eigenvalue weighted by Crippen LogP contribution is 2.40. The van der Waals surface area contributed by atoms with Crippen LogP contribution in [0.3, 0.4) is 0 Å². The van der Waals surface area contributed by atoms with Crippen LogP contribution in [0.15, 0.2) is 42.5 Å². The van der Waals surface area contributed by atoms with Crippen LogP contribution in [0.2, 0.25) is 0 Å². The number of rotatable bonds is 8. The Balaban J connectivity index is 1.53. The summed E-state index contributed by atoms with van der Waals surface area (Å²) in [5.41, 5.74) is 2.23. The van der Waals surface area contributed by atoms with Crippen LogP contribution in [0.1, 0.15) is 40.0 Å². The van der Waals surface area contributed by atoms with E-state index >= 15 is 0 Å². The molecule has 2 heterocycles. The van der Waals surface area contributed by atoms with E-state index in [4.69, 9.17) is 4.74 Å². The molecule has 1 fully saturated rings. The van der Waals surface area contributed by atoms with Crippen LogP contribution in [-0.4, -0.2) is 72.6 Å². The lowest BCUT2D eigenvalue weighted by molar-refractivity contribution is -0.155. The van der Waals surface area contributed by atoms with Gasteiger partial charge in [0.05, 0.1) is 24.8 Å². The van der Waals surface area contributed by atoms with Crippen molar-refractivity contribution in [1.29, 1.82) is 0 Å². The lowest BCUT2D eigenvalue weighted by Gasteiger charge is -2.42. The quantitative estimate of drug-likeness (QED) is 0.562. The number of likely N-dealkylation sites (tertiary alicyclic amines) is 1. The van der Waals surface area contributed by atoms with Gasteiger partial charge in [0.25, 0.3) is 0 Å². The maximum Gasteiger partial charge on any atom is 0.401 e. The van der Waals surface area contributed by atoms with Crippen LogP contribution < -0.4 is 4.74 Å². The van der Waals surface area contributed by atoms with Crippen molar-refractivity contribution in [1.82, 2.24) is 9.80 Å². The molecule has 1 saturated heterocycles. The van der Waals surface area contributed by atoms with Gasteiger partial charge in [-0.3, -0.25) is 14.2 Å². The van der Waals surface area contributed by atoms with Gasteiger partial charge >= 0.3 is 12.1 Å². The molecule has 5 nitrogen and oxygen atoms in total. The third-order valence-corrected chi connectivity index (χ3v) is 6.58. The summed E-state index contributed by atoms with van der Waals surface area (Å²) < 4.78 is 58.6. The molecule has 0 aliphatic carbocycles. The van der Waals surface area contributed by atoms with Crippen molar-refractivity contribution in [2.24, 2.45) is 5.92 Å². The van der Waals surface area contributed by atoms with Gasteiger partial charge in [-0.1, -0.05) is 18.2 Å². The first-order valence-corrected chi connectivity index (χ1v) is 11.3. The van der Waals surface area contributed by atoms with E-state index in [1.807, 2.05) is 0 Å². The van der Waals surface area contributed by atoms with E-state index < -0.39 is 30.8 Å². The Bertz CT molecular complexity index is 1010. The number of carboxylic acids is 1. The summed E-state index contributed by atoms with van der Waals surface area (Å²) in [7, 11) is 0. The first-order chi connectivity index (χ1) is 16.1. The number of ether oxygens (including phenoxy) is 1. The molecule has 0 unspecified atom stereocenters. The number of hydrogen-bond acceptors (Lipinski definition) is 4. The Morgan fingerprint density at radius 1 is 1.15 bits per heavy atom. The van der Waals surface area contributed by atoms with E-state index in [-0.39, 0.29) is 18.2 Å². The second kappa shape index (κ2) is 9.92. The summed E-state index contributed by atoms with van der Waals surface area (Å²) in [6.07, 6.45) is -4.03. The van der Waals surface area contributed by atoms with E-state index in [0.29, 0.717) is 36.4 Å². The number of benzene rings is 2. The van der Waals surface area contributed by atoms with Gasteiger partial charge < -0.3 is 9.84 Å². The minimum Gasteiger partial charge on any atom is -0.492 e. The monoisotopic (exact) mass is 480 g/mol. The Morgan fingerprint density at radius 3 is 2.47 bits per heavy atom. The Labute approximate surface area is 195 Å². The SMILES string of the molecule is C[C@@H]1Cc2cc(C(=O)O)ccc2[C@@H](c2ccc(OCCN3CC(CF)C3)cc2)N1CC(F)(F)F. The summed E-state index contributed by atoms with van der Waals surface area (Å²) in [6, 6.07) is 10.6. The molecule has 34 heavy (non-hydrogen) atoms. The standard InChI is InChI=1S/C25H28F4N2O3/c1-16-10-20-11-19(24(32)33)4-7-22(20)23(31(16)15-25(27,28)29)18-2-5-21(6-3-18)34-9-8-30-13-17(12-26)14-30/h2-7,11,16-17,23H,8-10,12-15H2,1H3,(H,32,33)/t16-,23-/m1/s1. The average Bonchev–Trinajstić information content (AvgIpc) is 2.75. The van der Waals surface area contributed by atoms with Gasteiger partial charge in [0.2, 0.25) is 0 Å². The fraction of sp³-hybridized carbons (Fsp3) is 0.480. The molecule has 2 atom stereocenters. The van der Waals surface area contributed by atoms with Crippen LogP contribution in [0.4, 0.5) is 17.6 Å². The Hall–Kier alpha value is -2.65. The van der Waals surface area contributed by atoms with Crippen LogP contribution in [0, 0.1) is 5.92 Å². The minimum atomic E-state index is -4.37. The van der Waals surface area contributed by atoms with E-state index in [0.717, 1.165) is 18.7 Å². The predicted molar refractivity (Wildman–Crippen MR) is 119 cm³/mol. The molecular formula is C25H28F4N2O3. The van der Waals surface area contributed by atoms with E-state index in [1.54, 1.807) is 43.3 Å². The smallest absolute Gasteiger partial charge is 0.401 e. The summed E-state index contributed by atoms with van der Waals surface area (Å²) in [5, 5.41) is 9.33. The first-order valence-electron chi connectivity index (χ1n) is 11.3. The van der Waals surface area contributed by atoms with E-state index in [1.165, 1.54) is 11.0 Å². The number of halogens is 4. The first kappa shape index (κ1) is 24.5. The van der Waals surface area contributed by atoms with Crippen molar-refractivity contribution in [3.63, 3.8) is 0 Å². The van der Waals surface area contributed by atoms with Gasteiger partial charge in [0, 0.05) is 31.6 Å². The van der Waals surface area contributed by atoms with Crippen molar-refractivity contribution < 1.29 is 32.2 Å². The Kier molecular flexibility index (Phi) is 7.14. The highest BCUT2D eigenvalue weighted by Gasteiger charge is 2.40. The van der Waals surface area contributed by atoms with Gasteiger partial charge in [0.1, 0.15) is 12.4 Å². The minimum absolute atomic E-state index is 0.117. The molecule has 2 aromatic rings. The van der Waals surface area contributed by atoms with Crippen LogP contribution in [-0.2, 0) is 6.42 Å². The molecule has 2 aliphatic rings. The molecule has 0 aromatic heterocycles. The zero-order valence-corrected chi connectivity index (χ0v) is 18.9. The summed E-state index contributed by atoms with van der Waals surface area (Å²) in [4.78, 5) is 14.9. The maximum atomic E-state index is 13.4. The molecular weight excluding hydrogens is 452 g/mol. The average molecular weight is 481 g/mol. The maximum absolute atomic E-state index is 13.4. The molecule has 1 N–H and O–H groups in total. The van der Waals surface area contributed by atoms with Crippen molar-refractivity contribution >= 4 is 5.97 Å². The van der Waals surface area contributed by atoms with Crippen molar-refractivity contribution in [2.45, 2.75) is 31.6 Å². The zero-order chi connectivity index (χ0) is 24.5. The Morgan fingerprint density at radius 2 is 1.85 bits per heavy atom. The number of nitrogens with zero attached hydrogens (tertiary/aromatic N) is 2. The molecule has 184 valence electrons. The molecule has 0 bridgehead atoms. The largest absolute Gasteiger partial charge is 0.492 e. The summed E-state index contributed by atoms with van der Waals surface area (Å²) >= 11 is 0. The molecule has 4 rings (SSSR count). The van der Waals surface area contributed by atoms with Crippen LogP contribution >= 0.6 is 0 Å². The zero-order valence-electron chi connectivity index (χ0n) is 18.9. The number of aromatic carboxylic acids is 1. The molecule has 0 amide bonds. The van der Waals surface area contributed by atoms with Crippen molar-refractivity contribution in [3.8, 4) is 5.75 Å². The normalized spacial score (nSPS) is 21.7. The van der Waals surface area contributed by atoms with E-state index in [2.05, 4.69) is 4.90 Å². The lowest BCUT2D eigenvalue weighted by Crippen LogP contribution is -2.49. The third kappa shape index (κ3) is 5.52.